The Labute approximate surface area is 141 Å². The van der Waals surface area contributed by atoms with Crippen LogP contribution in [0, 0.1) is 12.3 Å². The van der Waals surface area contributed by atoms with Crippen LogP contribution in [0.25, 0.3) is 0 Å². The van der Waals surface area contributed by atoms with Crippen molar-refractivity contribution >= 4 is 11.8 Å². The average Bonchev–Trinajstić information content (AvgIpc) is 2.96. The molecule has 7 heteroatoms. The number of hydrogen-bond donors (Lipinski definition) is 0. The minimum Gasteiger partial charge on any atom is -0.342 e. The number of likely N-dealkylation sites (tertiary alicyclic amines) is 1. The van der Waals surface area contributed by atoms with Crippen LogP contribution < -0.4 is 0 Å². The van der Waals surface area contributed by atoms with E-state index in [9.17, 15) is 9.59 Å². The molecule has 3 heterocycles. The number of carbonyl (C=O) groups is 2. The van der Waals surface area contributed by atoms with E-state index in [1.54, 1.807) is 11.8 Å². The fourth-order valence-corrected chi connectivity index (χ4v) is 3.62. The van der Waals surface area contributed by atoms with Crippen molar-refractivity contribution in [2.75, 3.05) is 26.7 Å². The summed E-state index contributed by atoms with van der Waals surface area (Å²) in [7, 11) is 1.83. The van der Waals surface area contributed by atoms with Crippen LogP contribution in [0.2, 0.25) is 0 Å². The Bertz CT molecular complexity index is 654. The van der Waals surface area contributed by atoms with Gasteiger partial charge in [-0.2, -0.15) is 4.98 Å². The Hall–Kier alpha value is -2.18. The summed E-state index contributed by atoms with van der Waals surface area (Å²) in [5.41, 5.74) is -0.462. The molecule has 1 fully saturated rings. The first-order valence-electron chi connectivity index (χ1n) is 8.48. The normalized spacial score (nSPS) is 24.5. The van der Waals surface area contributed by atoms with Gasteiger partial charge in [-0.25, -0.2) is 0 Å². The van der Waals surface area contributed by atoms with E-state index in [0.717, 1.165) is 12.8 Å². The van der Waals surface area contributed by atoms with Gasteiger partial charge in [0.1, 0.15) is 0 Å². The number of likely N-dealkylation sites (N-methyl/N-ethyl adjacent to an activating group) is 1. The lowest BCUT2D eigenvalue weighted by Crippen LogP contribution is -2.53. The van der Waals surface area contributed by atoms with E-state index in [2.05, 4.69) is 16.2 Å². The van der Waals surface area contributed by atoms with Gasteiger partial charge in [-0.3, -0.25) is 9.59 Å². The van der Waals surface area contributed by atoms with Gasteiger partial charge in [0.15, 0.2) is 5.82 Å². The van der Waals surface area contributed by atoms with Crippen LogP contribution in [0.1, 0.15) is 37.4 Å². The maximum absolute atomic E-state index is 12.8. The lowest BCUT2D eigenvalue weighted by atomic mass is 9.76. The molecule has 1 spiro atoms. The lowest BCUT2D eigenvalue weighted by molar-refractivity contribution is -0.147. The van der Waals surface area contributed by atoms with Gasteiger partial charge in [-0.1, -0.05) is 17.3 Å². The van der Waals surface area contributed by atoms with E-state index >= 15 is 0 Å². The van der Waals surface area contributed by atoms with Crippen molar-refractivity contribution in [1.82, 2.24) is 19.9 Å². The predicted molar refractivity (Wildman–Crippen MR) is 87.0 cm³/mol. The summed E-state index contributed by atoms with van der Waals surface area (Å²) in [5, 5.41) is 3.74. The highest BCUT2D eigenvalue weighted by Gasteiger charge is 2.44. The molecular weight excluding hydrogens is 308 g/mol. The van der Waals surface area contributed by atoms with E-state index in [0.29, 0.717) is 50.6 Å². The van der Waals surface area contributed by atoms with Crippen LogP contribution in [0.15, 0.2) is 16.7 Å². The average molecular weight is 332 g/mol. The highest BCUT2D eigenvalue weighted by atomic mass is 16.5. The van der Waals surface area contributed by atoms with Crippen LogP contribution in [-0.2, 0) is 16.0 Å². The highest BCUT2D eigenvalue weighted by Crippen LogP contribution is 2.37. The third kappa shape index (κ3) is 3.34. The zero-order valence-electron chi connectivity index (χ0n) is 14.3. The molecule has 0 N–H and O–H groups in total. The van der Waals surface area contributed by atoms with Crippen molar-refractivity contribution in [3.05, 3.63) is 23.9 Å². The third-order valence-corrected chi connectivity index (χ3v) is 4.91. The van der Waals surface area contributed by atoms with Crippen LogP contribution >= 0.6 is 0 Å². The van der Waals surface area contributed by atoms with Gasteiger partial charge in [-0.05, 0) is 26.2 Å². The van der Waals surface area contributed by atoms with E-state index < -0.39 is 5.41 Å². The van der Waals surface area contributed by atoms with Crippen molar-refractivity contribution in [3.63, 3.8) is 0 Å². The standard InChI is InChI=1S/C17H24N4O3/c1-13-18-14(24-19-13)6-7-15(22)21-11-5-9-17(12-21)8-3-4-10-20(2)16(17)23/h3-4H,5-12H2,1-2H3/t17-/m0/s1. The molecule has 2 aliphatic heterocycles. The first-order chi connectivity index (χ1) is 11.5. The number of piperidine rings is 1. The maximum Gasteiger partial charge on any atom is 0.230 e. The fraction of sp³-hybridized carbons (Fsp3) is 0.647. The summed E-state index contributed by atoms with van der Waals surface area (Å²) in [6.07, 6.45) is 7.30. The zero-order chi connectivity index (χ0) is 17.2. The van der Waals surface area contributed by atoms with Gasteiger partial charge >= 0.3 is 0 Å². The van der Waals surface area contributed by atoms with E-state index in [-0.39, 0.29) is 11.8 Å². The van der Waals surface area contributed by atoms with Gasteiger partial charge < -0.3 is 14.3 Å². The van der Waals surface area contributed by atoms with E-state index in [4.69, 9.17) is 4.52 Å². The molecule has 1 saturated heterocycles. The van der Waals surface area contributed by atoms with Crippen molar-refractivity contribution < 1.29 is 14.1 Å². The van der Waals surface area contributed by atoms with Gasteiger partial charge in [0.2, 0.25) is 17.7 Å². The molecule has 0 bridgehead atoms. The molecule has 24 heavy (non-hydrogen) atoms. The molecule has 2 amide bonds. The largest absolute Gasteiger partial charge is 0.342 e. The minimum atomic E-state index is -0.462. The maximum atomic E-state index is 12.8. The van der Waals surface area contributed by atoms with Crippen LogP contribution in [0.3, 0.4) is 0 Å². The van der Waals surface area contributed by atoms with Gasteiger partial charge in [0, 0.05) is 39.5 Å². The molecule has 1 aromatic heterocycles. The summed E-state index contributed by atoms with van der Waals surface area (Å²) in [4.78, 5) is 33.1. The predicted octanol–water partition coefficient (Wildman–Crippen LogP) is 1.34. The molecule has 0 saturated carbocycles. The second-order valence-electron chi connectivity index (χ2n) is 6.80. The number of aromatic nitrogens is 2. The molecule has 1 atom stereocenters. The number of carbonyl (C=O) groups excluding carboxylic acids is 2. The Morgan fingerprint density at radius 1 is 1.42 bits per heavy atom. The van der Waals surface area contributed by atoms with Crippen molar-refractivity contribution in [3.8, 4) is 0 Å². The van der Waals surface area contributed by atoms with Crippen LogP contribution in [0.4, 0.5) is 0 Å². The summed E-state index contributed by atoms with van der Waals surface area (Å²) < 4.78 is 5.06. The summed E-state index contributed by atoms with van der Waals surface area (Å²) in [6.45, 7) is 3.61. The molecule has 1 aromatic rings. The molecule has 0 unspecified atom stereocenters. The van der Waals surface area contributed by atoms with Gasteiger partial charge in [0.05, 0.1) is 5.41 Å². The Morgan fingerprint density at radius 2 is 2.25 bits per heavy atom. The summed E-state index contributed by atoms with van der Waals surface area (Å²) in [6, 6.07) is 0. The summed E-state index contributed by atoms with van der Waals surface area (Å²) >= 11 is 0. The lowest BCUT2D eigenvalue weighted by Gasteiger charge is -2.42. The minimum absolute atomic E-state index is 0.0496. The number of nitrogens with zero attached hydrogens (tertiary/aromatic N) is 4. The van der Waals surface area contributed by atoms with Crippen molar-refractivity contribution in [2.45, 2.75) is 39.0 Å². The van der Waals surface area contributed by atoms with Crippen molar-refractivity contribution in [2.24, 2.45) is 5.41 Å². The topological polar surface area (TPSA) is 79.5 Å². The molecule has 0 aromatic carbocycles. The third-order valence-electron chi connectivity index (χ3n) is 4.91. The SMILES string of the molecule is Cc1noc(CCC(=O)N2CCC[C@@]3(CC=CCN(C)C3=O)C2)n1. The number of rotatable bonds is 3. The molecular formula is C17H24N4O3. The first-order valence-corrected chi connectivity index (χ1v) is 8.48. The Balaban J connectivity index is 1.65. The van der Waals surface area contributed by atoms with Gasteiger partial charge in [0.25, 0.3) is 0 Å². The molecule has 7 nitrogen and oxygen atoms in total. The van der Waals surface area contributed by atoms with Crippen molar-refractivity contribution in [1.29, 1.82) is 0 Å². The molecule has 0 radical (unpaired) electrons. The quantitative estimate of drug-likeness (QED) is 0.780. The fourth-order valence-electron chi connectivity index (χ4n) is 3.62. The molecule has 130 valence electrons. The van der Waals surface area contributed by atoms with E-state index in [1.165, 1.54) is 0 Å². The Morgan fingerprint density at radius 3 is 3.00 bits per heavy atom. The van der Waals surface area contributed by atoms with Crippen LogP contribution in [0.5, 0.6) is 0 Å². The number of amides is 2. The number of allylic oxidation sites excluding steroid dienone is 1. The first kappa shape index (κ1) is 16.7. The zero-order valence-corrected chi connectivity index (χ0v) is 14.3. The Kier molecular flexibility index (Phi) is 4.69. The van der Waals surface area contributed by atoms with E-state index in [1.807, 2.05) is 18.0 Å². The summed E-state index contributed by atoms with van der Waals surface area (Å²) in [5.74, 6) is 1.26. The van der Waals surface area contributed by atoms with Crippen LogP contribution in [-0.4, -0.2) is 58.4 Å². The highest BCUT2D eigenvalue weighted by molar-refractivity contribution is 5.85. The number of hydrogen-bond acceptors (Lipinski definition) is 5. The second kappa shape index (κ2) is 6.75. The second-order valence-corrected chi connectivity index (χ2v) is 6.80. The number of aryl methyl sites for hydroxylation is 2. The molecule has 3 rings (SSSR count). The molecule has 0 aliphatic carbocycles. The molecule has 2 aliphatic rings. The van der Waals surface area contributed by atoms with Gasteiger partial charge in [-0.15, -0.1) is 0 Å². The smallest absolute Gasteiger partial charge is 0.230 e. The monoisotopic (exact) mass is 332 g/mol.